The highest BCUT2D eigenvalue weighted by atomic mass is 32.2. The Hall–Kier alpha value is -1.86. The molecular weight excluding hydrogens is 330 g/mol. The molecule has 0 bridgehead atoms. The van der Waals surface area contributed by atoms with E-state index in [1.54, 1.807) is 17.8 Å². The van der Waals surface area contributed by atoms with E-state index < -0.39 is 0 Å². The number of hydrogen-bond donors (Lipinski definition) is 2. The Balaban J connectivity index is 1.81. The maximum absolute atomic E-state index is 12.5. The van der Waals surface area contributed by atoms with Gasteiger partial charge in [-0.1, -0.05) is 30.4 Å². The van der Waals surface area contributed by atoms with Crippen LogP contribution in [0, 0.1) is 0 Å². The largest absolute Gasteiger partial charge is 0.351 e. The normalized spacial score (nSPS) is 13.9. The molecule has 3 rings (SSSR count). The minimum Gasteiger partial charge on any atom is -0.351 e. The molecule has 0 saturated carbocycles. The number of nitrogens with one attached hydrogen (secondary N) is 2. The summed E-state index contributed by atoms with van der Waals surface area (Å²) in [5, 5.41) is 6.15. The van der Waals surface area contributed by atoms with E-state index in [0.717, 1.165) is 29.2 Å². The molecule has 0 radical (unpaired) electrons. The predicted molar refractivity (Wildman–Crippen MR) is 93.6 cm³/mol. The molecule has 0 aliphatic carbocycles. The average molecular weight is 347 g/mol. The van der Waals surface area contributed by atoms with Crippen molar-refractivity contribution < 1.29 is 9.59 Å². The summed E-state index contributed by atoms with van der Waals surface area (Å²) in [5.74, 6) is 0.610. The van der Waals surface area contributed by atoms with Crippen LogP contribution in [-0.2, 0) is 6.42 Å². The van der Waals surface area contributed by atoms with Crippen molar-refractivity contribution in [2.24, 2.45) is 0 Å². The number of fused-ring (bicyclic) bond motifs is 1. The number of thioether (sulfide) groups is 1. The fraction of sp³-hybridized carbons (Fsp3) is 0.312. The van der Waals surface area contributed by atoms with Gasteiger partial charge in [0.2, 0.25) is 0 Å². The number of benzene rings is 1. The van der Waals surface area contributed by atoms with Gasteiger partial charge in [0.05, 0.1) is 11.3 Å². The van der Waals surface area contributed by atoms with Crippen LogP contribution in [0.4, 0.5) is 5.13 Å². The van der Waals surface area contributed by atoms with Gasteiger partial charge in [0.15, 0.2) is 5.13 Å². The minimum atomic E-state index is -0.189. The van der Waals surface area contributed by atoms with E-state index >= 15 is 0 Å². The van der Waals surface area contributed by atoms with Crippen molar-refractivity contribution in [3.63, 3.8) is 0 Å². The number of rotatable bonds is 4. The third kappa shape index (κ3) is 3.56. The van der Waals surface area contributed by atoms with Gasteiger partial charge in [-0.25, -0.2) is 4.98 Å². The van der Waals surface area contributed by atoms with Gasteiger partial charge in [-0.2, -0.15) is 0 Å². The van der Waals surface area contributed by atoms with Crippen LogP contribution in [0.5, 0.6) is 0 Å². The lowest BCUT2D eigenvalue weighted by Crippen LogP contribution is -2.21. The summed E-state index contributed by atoms with van der Waals surface area (Å²) >= 11 is 2.87. The van der Waals surface area contributed by atoms with Gasteiger partial charge in [-0.3, -0.25) is 14.9 Å². The SMILES string of the molecule is CCSc1ccccc1C(=O)Nc1nc2c(s1)C(=O)NCCC2. The molecule has 0 spiro atoms. The summed E-state index contributed by atoms with van der Waals surface area (Å²) in [4.78, 5) is 30.4. The number of aryl methyl sites for hydroxylation is 1. The molecule has 1 aliphatic rings. The van der Waals surface area contributed by atoms with Crippen molar-refractivity contribution >= 4 is 40.0 Å². The minimum absolute atomic E-state index is 0.0996. The van der Waals surface area contributed by atoms with Gasteiger partial charge in [-0.05, 0) is 30.7 Å². The van der Waals surface area contributed by atoms with Crippen LogP contribution >= 0.6 is 23.1 Å². The monoisotopic (exact) mass is 347 g/mol. The summed E-state index contributed by atoms with van der Waals surface area (Å²) in [7, 11) is 0. The first-order chi connectivity index (χ1) is 11.2. The Labute approximate surface area is 142 Å². The molecule has 2 heterocycles. The number of thiazole rings is 1. The van der Waals surface area contributed by atoms with Crippen molar-refractivity contribution in [1.29, 1.82) is 0 Å². The molecule has 2 amide bonds. The van der Waals surface area contributed by atoms with E-state index in [9.17, 15) is 9.59 Å². The number of carbonyl (C=O) groups excluding carboxylic acids is 2. The van der Waals surface area contributed by atoms with Gasteiger partial charge in [0.25, 0.3) is 11.8 Å². The third-order valence-electron chi connectivity index (χ3n) is 3.43. The van der Waals surface area contributed by atoms with Crippen LogP contribution in [0.2, 0.25) is 0 Å². The van der Waals surface area contributed by atoms with Gasteiger partial charge in [0, 0.05) is 11.4 Å². The molecule has 1 aliphatic heterocycles. The van der Waals surface area contributed by atoms with E-state index in [4.69, 9.17) is 0 Å². The zero-order chi connectivity index (χ0) is 16.2. The summed E-state index contributed by atoms with van der Waals surface area (Å²) in [6, 6.07) is 7.51. The van der Waals surface area contributed by atoms with E-state index in [0.29, 0.717) is 22.1 Å². The molecule has 0 saturated heterocycles. The van der Waals surface area contributed by atoms with Crippen molar-refractivity contribution in [1.82, 2.24) is 10.3 Å². The number of anilines is 1. The first kappa shape index (κ1) is 16.0. The lowest BCUT2D eigenvalue weighted by molar-refractivity contribution is 0.0958. The highest BCUT2D eigenvalue weighted by Crippen LogP contribution is 2.27. The average Bonchev–Trinajstić information content (AvgIpc) is 2.87. The second-order valence-electron chi connectivity index (χ2n) is 5.04. The second-order valence-corrected chi connectivity index (χ2v) is 7.34. The molecular formula is C16H17N3O2S2. The van der Waals surface area contributed by atoms with Crippen molar-refractivity contribution in [3.8, 4) is 0 Å². The zero-order valence-corrected chi connectivity index (χ0v) is 14.4. The number of aromatic nitrogens is 1. The molecule has 120 valence electrons. The van der Waals surface area contributed by atoms with E-state index in [2.05, 4.69) is 22.5 Å². The Morgan fingerprint density at radius 2 is 2.26 bits per heavy atom. The number of nitrogens with zero attached hydrogens (tertiary/aromatic N) is 1. The van der Waals surface area contributed by atoms with Gasteiger partial charge >= 0.3 is 0 Å². The molecule has 7 heteroatoms. The Morgan fingerprint density at radius 1 is 1.43 bits per heavy atom. The maximum atomic E-state index is 12.5. The van der Waals surface area contributed by atoms with Gasteiger partial charge < -0.3 is 5.32 Å². The smallest absolute Gasteiger partial charge is 0.263 e. The summed E-state index contributed by atoms with van der Waals surface area (Å²) < 4.78 is 0. The molecule has 23 heavy (non-hydrogen) atoms. The van der Waals surface area contributed by atoms with Gasteiger partial charge in [-0.15, -0.1) is 11.8 Å². The Bertz CT molecular complexity index is 743. The second kappa shape index (κ2) is 7.14. The van der Waals surface area contributed by atoms with Crippen LogP contribution in [0.25, 0.3) is 0 Å². The summed E-state index contributed by atoms with van der Waals surface area (Å²) in [6.07, 6.45) is 1.62. The van der Waals surface area contributed by atoms with Crippen molar-refractivity contribution in [2.75, 3.05) is 17.6 Å². The lowest BCUT2D eigenvalue weighted by Gasteiger charge is -2.07. The van der Waals surface area contributed by atoms with Crippen LogP contribution in [0.1, 0.15) is 39.1 Å². The standard InChI is InChI=1S/C16H17N3O2S2/c1-2-22-12-8-4-3-6-10(12)14(20)19-16-18-11-7-5-9-17-15(21)13(11)23-16/h3-4,6,8H,2,5,7,9H2,1H3,(H,17,21)(H,18,19,20). The first-order valence-corrected chi connectivity index (χ1v) is 9.30. The highest BCUT2D eigenvalue weighted by molar-refractivity contribution is 7.99. The molecule has 2 N–H and O–H groups in total. The first-order valence-electron chi connectivity index (χ1n) is 7.50. The zero-order valence-electron chi connectivity index (χ0n) is 12.7. The van der Waals surface area contributed by atoms with Crippen LogP contribution in [0.3, 0.4) is 0 Å². The maximum Gasteiger partial charge on any atom is 0.263 e. The fourth-order valence-corrected chi connectivity index (χ4v) is 4.12. The molecule has 1 aromatic carbocycles. The van der Waals surface area contributed by atoms with Crippen molar-refractivity contribution in [2.45, 2.75) is 24.7 Å². The number of carbonyl (C=O) groups is 2. The summed E-state index contributed by atoms with van der Waals surface area (Å²) in [6.45, 7) is 2.72. The molecule has 5 nitrogen and oxygen atoms in total. The quantitative estimate of drug-likeness (QED) is 0.833. The number of hydrogen-bond acceptors (Lipinski definition) is 5. The van der Waals surface area contributed by atoms with E-state index in [1.165, 1.54) is 11.3 Å². The molecule has 0 fully saturated rings. The van der Waals surface area contributed by atoms with Crippen LogP contribution in [-0.4, -0.2) is 29.1 Å². The molecule has 2 aromatic rings. The van der Waals surface area contributed by atoms with E-state index in [-0.39, 0.29) is 11.8 Å². The highest BCUT2D eigenvalue weighted by Gasteiger charge is 2.22. The Kier molecular flexibility index (Phi) is 4.97. The van der Waals surface area contributed by atoms with Crippen LogP contribution in [0.15, 0.2) is 29.2 Å². The predicted octanol–water partition coefficient (Wildman–Crippen LogP) is 3.18. The molecule has 0 unspecified atom stereocenters. The number of amides is 2. The third-order valence-corrected chi connectivity index (χ3v) is 5.40. The van der Waals surface area contributed by atoms with Crippen molar-refractivity contribution in [3.05, 3.63) is 40.4 Å². The topological polar surface area (TPSA) is 71.1 Å². The fourth-order valence-electron chi connectivity index (χ4n) is 2.39. The summed E-state index contributed by atoms with van der Waals surface area (Å²) in [5.41, 5.74) is 1.41. The Morgan fingerprint density at radius 3 is 3.09 bits per heavy atom. The van der Waals surface area contributed by atoms with E-state index in [1.807, 2.05) is 18.2 Å². The molecule has 1 aromatic heterocycles. The van der Waals surface area contributed by atoms with Gasteiger partial charge in [0.1, 0.15) is 4.88 Å². The van der Waals surface area contributed by atoms with Crippen LogP contribution < -0.4 is 10.6 Å². The molecule has 0 atom stereocenters. The lowest BCUT2D eigenvalue weighted by atomic mass is 10.2.